The van der Waals surface area contributed by atoms with Crippen molar-refractivity contribution in [3.05, 3.63) is 48.0 Å². The average molecular weight is 705 g/mol. The molecular weight excluding hydrogens is 659 g/mol. The summed E-state index contributed by atoms with van der Waals surface area (Å²) < 4.78 is 80.4. The fourth-order valence-corrected chi connectivity index (χ4v) is 4.77. The van der Waals surface area contributed by atoms with Gasteiger partial charge in [-0.2, -0.15) is 13.2 Å². The van der Waals surface area contributed by atoms with E-state index in [1.165, 1.54) is 23.1 Å². The minimum atomic E-state index is -4.80. The Kier molecular flexibility index (Phi) is 12.8. The van der Waals surface area contributed by atoms with Crippen LogP contribution in [-0.2, 0) is 9.47 Å². The van der Waals surface area contributed by atoms with Crippen LogP contribution >= 0.6 is 0 Å². The van der Waals surface area contributed by atoms with Crippen molar-refractivity contribution in [2.75, 3.05) is 68.8 Å². The second-order valence-corrected chi connectivity index (χ2v) is 13.5. The van der Waals surface area contributed by atoms with Gasteiger partial charge in [0.1, 0.15) is 40.9 Å². The van der Waals surface area contributed by atoms with Crippen LogP contribution in [0.2, 0.25) is 0 Å². The molecular formula is C33H45F5N4O7. The molecule has 2 N–H and O–H groups in total. The molecule has 1 unspecified atom stereocenters. The number of anilines is 2. The van der Waals surface area contributed by atoms with Gasteiger partial charge in [-0.25, -0.2) is 18.4 Å². The highest BCUT2D eigenvalue weighted by Crippen LogP contribution is 2.28. The van der Waals surface area contributed by atoms with Crippen molar-refractivity contribution in [3.63, 3.8) is 0 Å². The first-order chi connectivity index (χ1) is 22.6. The van der Waals surface area contributed by atoms with Crippen molar-refractivity contribution < 1.29 is 56.0 Å². The van der Waals surface area contributed by atoms with Crippen molar-refractivity contribution in [1.82, 2.24) is 9.80 Å². The summed E-state index contributed by atoms with van der Waals surface area (Å²) in [5.74, 6) is -1.33. The normalized spacial score (nSPS) is 16.4. The van der Waals surface area contributed by atoms with Crippen LogP contribution in [0.25, 0.3) is 0 Å². The van der Waals surface area contributed by atoms with Crippen LogP contribution in [0.4, 0.5) is 42.9 Å². The van der Waals surface area contributed by atoms with E-state index in [0.717, 1.165) is 12.1 Å². The van der Waals surface area contributed by atoms with E-state index in [1.807, 2.05) is 25.7 Å². The van der Waals surface area contributed by atoms with Crippen molar-refractivity contribution in [1.29, 1.82) is 0 Å². The molecule has 0 radical (unpaired) electrons. The van der Waals surface area contributed by atoms with E-state index in [2.05, 4.69) is 0 Å². The highest BCUT2D eigenvalue weighted by molar-refractivity contribution is 5.69. The predicted molar refractivity (Wildman–Crippen MR) is 172 cm³/mol. The number of rotatable bonds is 5. The minimum Gasteiger partial charge on any atom is -0.508 e. The number of hydrogen-bond donors (Lipinski definition) is 2. The Bertz CT molecular complexity index is 1420. The minimum absolute atomic E-state index is 0.0939. The molecule has 2 heterocycles. The molecule has 16 heteroatoms. The molecule has 0 bridgehead atoms. The zero-order chi connectivity index (χ0) is 36.7. The van der Waals surface area contributed by atoms with E-state index in [1.54, 1.807) is 36.6 Å². The molecule has 1 atom stereocenters. The SMILES string of the molecule is CC(C)(C)OC(=O)N1CCN(c2ccc(O)cc2F)CC1.CC(C)(C)OC(=O)N1CCN(c2ccc(OCC(O)C(F)(F)F)cc2F)CC1. The summed E-state index contributed by atoms with van der Waals surface area (Å²) in [6.45, 7) is 13.3. The molecule has 2 fully saturated rings. The van der Waals surface area contributed by atoms with E-state index < -0.39 is 47.8 Å². The molecule has 4 rings (SSSR count). The standard InChI is InChI=1S/C18H24F4N2O4.C15H21FN2O3/c1-17(2,3)28-16(26)24-8-6-23(7-9-24)14-5-4-12(10-13(14)19)27-11-15(25)18(20,21)22;1-15(2,3)21-14(20)18-8-6-17(7-9-18)13-5-4-11(19)10-12(13)16/h4-5,10,15,25H,6-9,11H2,1-3H3;4-5,10,19H,6-9H2,1-3H3. The lowest BCUT2D eigenvalue weighted by molar-refractivity contribution is -0.210. The summed E-state index contributed by atoms with van der Waals surface area (Å²) in [6.07, 6.45) is -8.21. The summed E-state index contributed by atoms with van der Waals surface area (Å²) >= 11 is 0. The summed E-state index contributed by atoms with van der Waals surface area (Å²) in [5, 5.41) is 18.2. The van der Waals surface area contributed by atoms with E-state index in [0.29, 0.717) is 58.0 Å². The molecule has 2 aliphatic rings. The van der Waals surface area contributed by atoms with Gasteiger partial charge in [-0.3, -0.25) is 0 Å². The van der Waals surface area contributed by atoms with Crippen LogP contribution in [0.1, 0.15) is 41.5 Å². The third kappa shape index (κ3) is 12.3. The van der Waals surface area contributed by atoms with Crippen molar-refractivity contribution in [2.45, 2.75) is 65.0 Å². The van der Waals surface area contributed by atoms with Gasteiger partial charge in [-0.05, 0) is 65.8 Å². The summed E-state index contributed by atoms with van der Waals surface area (Å²) in [5.41, 5.74) is -0.420. The van der Waals surface area contributed by atoms with Gasteiger partial charge >= 0.3 is 18.4 Å². The van der Waals surface area contributed by atoms with Gasteiger partial charge in [0.05, 0.1) is 11.4 Å². The molecule has 2 amide bonds. The molecule has 0 saturated carbocycles. The highest BCUT2D eigenvalue weighted by Gasteiger charge is 2.39. The van der Waals surface area contributed by atoms with Crippen LogP contribution in [-0.4, -0.2) is 115 Å². The number of alkyl halides is 3. The number of halogens is 5. The van der Waals surface area contributed by atoms with Crippen molar-refractivity contribution in [2.24, 2.45) is 0 Å². The molecule has 0 aliphatic carbocycles. The van der Waals surface area contributed by atoms with Crippen LogP contribution in [0.5, 0.6) is 11.5 Å². The molecule has 49 heavy (non-hydrogen) atoms. The lowest BCUT2D eigenvalue weighted by Gasteiger charge is -2.36. The smallest absolute Gasteiger partial charge is 0.417 e. The maximum absolute atomic E-state index is 14.4. The Morgan fingerprint density at radius 1 is 0.714 bits per heavy atom. The van der Waals surface area contributed by atoms with Crippen molar-refractivity contribution >= 4 is 23.6 Å². The van der Waals surface area contributed by atoms with Crippen molar-refractivity contribution in [3.8, 4) is 11.5 Å². The zero-order valence-corrected chi connectivity index (χ0v) is 28.5. The van der Waals surface area contributed by atoms with Crippen LogP contribution in [0, 0.1) is 11.6 Å². The number of piperazine rings is 2. The monoisotopic (exact) mass is 704 g/mol. The number of ether oxygens (including phenoxy) is 3. The van der Waals surface area contributed by atoms with Gasteiger partial charge < -0.3 is 44.0 Å². The maximum Gasteiger partial charge on any atom is 0.417 e. The van der Waals surface area contributed by atoms with Crippen LogP contribution in [0.15, 0.2) is 36.4 Å². The molecule has 2 aromatic carbocycles. The van der Waals surface area contributed by atoms with Gasteiger partial charge in [0, 0.05) is 64.5 Å². The molecule has 2 saturated heterocycles. The number of aromatic hydroxyl groups is 1. The summed E-state index contributed by atoms with van der Waals surface area (Å²) in [7, 11) is 0. The Balaban J connectivity index is 0.000000276. The number of phenols is 1. The Hall–Kier alpha value is -4.21. The number of benzene rings is 2. The second kappa shape index (κ2) is 16.0. The number of carbonyl (C=O) groups excluding carboxylic acids is 2. The fraction of sp³-hybridized carbons (Fsp3) is 0.576. The van der Waals surface area contributed by atoms with E-state index in [4.69, 9.17) is 19.3 Å². The lowest BCUT2D eigenvalue weighted by atomic mass is 10.2. The van der Waals surface area contributed by atoms with Crippen LogP contribution < -0.4 is 14.5 Å². The fourth-order valence-electron chi connectivity index (χ4n) is 4.77. The quantitative estimate of drug-likeness (QED) is 0.375. The first-order valence-corrected chi connectivity index (χ1v) is 15.7. The highest BCUT2D eigenvalue weighted by atomic mass is 19.4. The maximum atomic E-state index is 14.4. The molecule has 0 spiro atoms. The van der Waals surface area contributed by atoms with Gasteiger partial charge in [-0.1, -0.05) is 0 Å². The number of nitrogens with zero attached hydrogens (tertiary/aromatic N) is 4. The predicted octanol–water partition coefficient (Wildman–Crippen LogP) is 5.77. The van der Waals surface area contributed by atoms with E-state index in [-0.39, 0.29) is 23.3 Å². The Morgan fingerprint density at radius 3 is 1.49 bits per heavy atom. The number of amides is 2. The van der Waals surface area contributed by atoms with E-state index >= 15 is 0 Å². The number of aliphatic hydroxyl groups is 1. The Morgan fingerprint density at radius 2 is 1.12 bits per heavy atom. The van der Waals surface area contributed by atoms with Gasteiger partial charge in [0.15, 0.2) is 6.10 Å². The third-order valence-corrected chi connectivity index (χ3v) is 7.18. The average Bonchev–Trinajstić information content (AvgIpc) is 2.98. The summed E-state index contributed by atoms with van der Waals surface area (Å²) in [4.78, 5) is 30.8. The molecule has 274 valence electrons. The largest absolute Gasteiger partial charge is 0.508 e. The van der Waals surface area contributed by atoms with Gasteiger partial charge in [-0.15, -0.1) is 0 Å². The van der Waals surface area contributed by atoms with Gasteiger partial charge in [0.2, 0.25) is 0 Å². The molecule has 0 aromatic heterocycles. The van der Waals surface area contributed by atoms with Crippen LogP contribution in [0.3, 0.4) is 0 Å². The summed E-state index contributed by atoms with van der Waals surface area (Å²) in [6, 6.07) is 7.80. The number of phenolic OH excluding ortho intramolecular Hbond substituents is 1. The molecule has 2 aliphatic heterocycles. The number of carbonyl (C=O) groups is 2. The molecule has 11 nitrogen and oxygen atoms in total. The Labute approximate surface area is 282 Å². The van der Waals surface area contributed by atoms with Gasteiger partial charge in [0.25, 0.3) is 0 Å². The second-order valence-electron chi connectivity index (χ2n) is 13.5. The zero-order valence-electron chi connectivity index (χ0n) is 28.5. The third-order valence-electron chi connectivity index (χ3n) is 7.18. The number of aliphatic hydroxyl groups excluding tert-OH is 1. The van der Waals surface area contributed by atoms with E-state index in [9.17, 15) is 36.6 Å². The lowest BCUT2D eigenvalue weighted by Crippen LogP contribution is -2.50. The first-order valence-electron chi connectivity index (χ1n) is 15.7. The number of hydrogen-bond acceptors (Lipinski definition) is 9. The first kappa shape index (κ1) is 39.2. The molecule has 2 aromatic rings. The topological polar surface area (TPSA) is 115 Å².